The third-order valence-corrected chi connectivity index (χ3v) is 1.82. The van der Waals surface area contributed by atoms with Gasteiger partial charge in [0.2, 0.25) is 0 Å². The van der Waals surface area contributed by atoms with Gasteiger partial charge in [0.15, 0.2) is 10.3 Å². The summed E-state index contributed by atoms with van der Waals surface area (Å²) < 4.78 is 0.738. The van der Waals surface area contributed by atoms with E-state index in [4.69, 9.17) is 23.2 Å². The summed E-state index contributed by atoms with van der Waals surface area (Å²) in [5, 5.41) is 0.501. The number of hydrogen-bond acceptors (Lipinski definition) is 2. The molecule has 0 aromatic carbocycles. The van der Waals surface area contributed by atoms with E-state index < -0.39 is 0 Å². The van der Waals surface area contributed by atoms with Gasteiger partial charge < -0.3 is 0 Å². The monoisotopic (exact) mass is 274 g/mol. The third-order valence-electron chi connectivity index (χ3n) is 0.660. The minimum absolute atomic E-state index is 0.247. The molecule has 0 N–H and O–H groups in total. The first-order valence-electron chi connectivity index (χ1n) is 2.03. The van der Waals surface area contributed by atoms with Gasteiger partial charge in [-0.25, -0.2) is 9.97 Å². The molecule has 0 aliphatic carbocycles. The lowest BCUT2D eigenvalue weighted by atomic mass is 10.8. The van der Waals surface area contributed by atoms with Crippen LogP contribution in [0.25, 0.3) is 0 Å². The molecule has 0 bridgehead atoms. The standard InChI is InChI=1S/C4HCl2IN2/c5-3-4(6)9-2(7)1-8-3/h1H. The molecular formula is C4HCl2IN2. The van der Waals surface area contributed by atoms with Gasteiger partial charge in [0.05, 0.1) is 6.20 Å². The third kappa shape index (κ3) is 1.91. The van der Waals surface area contributed by atoms with E-state index in [1.54, 1.807) is 6.20 Å². The van der Waals surface area contributed by atoms with Crippen molar-refractivity contribution in [1.29, 1.82) is 0 Å². The number of rotatable bonds is 0. The zero-order valence-electron chi connectivity index (χ0n) is 4.11. The highest BCUT2D eigenvalue weighted by molar-refractivity contribution is 14.1. The second-order valence-electron chi connectivity index (χ2n) is 1.27. The Balaban J connectivity index is 3.17. The van der Waals surface area contributed by atoms with Crippen molar-refractivity contribution >= 4 is 45.8 Å². The first kappa shape index (κ1) is 7.50. The first-order chi connectivity index (χ1) is 4.20. The Morgan fingerprint density at radius 1 is 1.33 bits per heavy atom. The van der Waals surface area contributed by atoms with Crippen LogP contribution in [-0.4, -0.2) is 9.97 Å². The molecule has 1 heterocycles. The van der Waals surface area contributed by atoms with Crippen molar-refractivity contribution in [2.75, 3.05) is 0 Å². The molecule has 2 nitrogen and oxygen atoms in total. The maximum atomic E-state index is 5.50. The van der Waals surface area contributed by atoms with Crippen molar-refractivity contribution in [2.24, 2.45) is 0 Å². The summed E-state index contributed by atoms with van der Waals surface area (Å²) in [5.41, 5.74) is 0. The van der Waals surface area contributed by atoms with Crippen molar-refractivity contribution in [3.8, 4) is 0 Å². The molecule has 9 heavy (non-hydrogen) atoms. The molecule has 0 radical (unpaired) electrons. The summed E-state index contributed by atoms with van der Waals surface area (Å²) in [5.74, 6) is 0. The number of nitrogens with zero attached hydrogens (tertiary/aromatic N) is 2. The van der Waals surface area contributed by atoms with Crippen LogP contribution in [0.3, 0.4) is 0 Å². The van der Waals surface area contributed by atoms with E-state index in [2.05, 4.69) is 9.97 Å². The zero-order chi connectivity index (χ0) is 6.85. The van der Waals surface area contributed by atoms with E-state index in [0.717, 1.165) is 3.70 Å². The second kappa shape index (κ2) is 2.98. The van der Waals surface area contributed by atoms with Gasteiger partial charge in [-0.1, -0.05) is 23.2 Å². The highest BCUT2D eigenvalue weighted by atomic mass is 127. The van der Waals surface area contributed by atoms with Crippen molar-refractivity contribution in [3.63, 3.8) is 0 Å². The normalized spacial score (nSPS) is 9.67. The molecule has 5 heteroatoms. The topological polar surface area (TPSA) is 25.8 Å². The molecule has 0 spiro atoms. The molecule has 1 aromatic rings. The van der Waals surface area contributed by atoms with Gasteiger partial charge >= 0.3 is 0 Å². The Kier molecular flexibility index (Phi) is 2.49. The quantitative estimate of drug-likeness (QED) is 0.679. The fraction of sp³-hybridized carbons (Fsp3) is 0. The van der Waals surface area contributed by atoms with Crippen molar-refractivity contribution in [2.45, 2.75) is 0 Å². The summed E-state index contributed by atoms with van der Waals surface area (Å²) in [4.78, 5) is 7.57. The van der Waals surface area contributed by atoms with Gasteiger partial charge in [-0.3, -0.25) is 0 Å². The van der Waals surface area contributed by atoms with Crippen LogP contribution in [-0.2, 0) is 0 Å². The van der Waals surface area contributed by atoms with Crippen LogP contribution in [0.1, 0.15) is 0 Å². The minimum atomic E-state index is 0.247. The number of aromatic nitrogens is 2. The Morgan fingerprint density at radius 3 is 2.44 bits per heavy atom. The van der Waals surface area contributed by atoms with E-state index in [1.165, 1.54) is 0 Å². The largest absolute Gasteiger partial charge is 0.239 e. The maximum absolute atomic E-state index is 5.50. The molecule has 0 unspecified atom stereocenters. The van der Waals surface area contributed by atoms with E-state index >= 15 is 0 Å². The van der Waals surface area contributed by atoms with E-state index in [-0.39, 0.29) is 10.3 Å². The predicted molar refractivity (Wildman–Crippen MR) is 44.8 cm³/mol. The summed E-state index contributed by atoms with van der Waals surface area (Å²) in [7, 11) is 0. The molecule has 1 rings (SSSR count). The Labute approximate surface area is 75.7 Å². The maximum Gasteiger partial charge on any atom is 0.167 e. The molecule has 0 aliphatic rings. The van der Waals surface area contributed by atoms with E-state index in [1.807, 2.05) is 22.6 Å². The lowest BCUT2D eigenvalue weighted by Gasteiger charge is -1.91. The summed E-state index contributed by atoms with van der Waals surface area (Å²) in [6.45, 7) is 0. The fourth-order valence-corrected chi connectivity index (χ4v) is 1.09. The molecule has 0 saturated heterocycles. The summed E-state index contributed by atoms with van der Waals surface area (Å²) >= 11 is 13.0. The minimum Gasteiger partial charge on any atom is -0.239 e. The average Bonchev–Trinajstić information content (AvgIpc) is 1.80. The predicted octanol–water partition coefficient (Wildman–Crippen LogP) is 2.39. The molecule has 0 atom stereocenters. The van der Waals surface area contributed by atoms with Gasteiger partial charge in [-0.15, -0.1) is 0 Å². The summed E-state index contributed by atoms with van der Waals surface area (Å²) in [6.07, 6.45) is 1.55. The molecular weight excluding hydrogens is 274 g/mol. The van der Waals surface area contributed by atoms with E-state index in [9.17, 15) is 0 Å². The lowest BCUT2D eigenvalue weighted by Crippen LogP contribution is -1.84. The van der Waals surface area contributed by atoms with Gasteiger partial charge in [-0.2, -0.15) is 0 Å². The average molecular weight is 275 g/mol. The van der Waals surface area contributed by atoms with E-state index in [0.29, 0.717) is 0 Å². The van der Waals surface area contributed by atoms with Crippen LogP contribution in [0.5, 0.6) is 0 Å². The molecule has 0 saturated carbocycles. The van der Waals surface area contributed by atoms with Gasteiger partial charge in [0.1, 0.15) is 3.70 Å². The van der Waals surface area contributed by atoms with Gasteiger partial charge in [0, 0.05) is 0 Å². The van der Waals surface area contributed by atoms with Crippen LogP contribution in [0.4, 0.5) is 0 Å². The van der Waals surface area contributed by atoms with Crippen LogP contribution < -0.4 is 0 Å². The first-order valence-corrected chi connectivity index (χ1v) is 3.87. The van der Waals surface area contributed by atoms with Crippen LogP contribution >= 0.6 is 45.8 Å². The van der Waals surface area contributed by atoms with Crippen molar-refractivity contribution in [3.05, 3.63) is 20.2 Å². The molecule has 0 aliphatic heterocycles. The van der Waals surface area contributed by atoms with Gasteiger partial charge in [-0.05, 0) is 22.6 Å². The molecule has 0 fully saturated rings. The number of hydrogen-bond donors (Lipinski definition) is 0. The zero-order valence-corrected chi connectivity index (χ0v) is 7.78. The second-order valence-corrected chi connectivity index (χ2v) is 3.10. The van der Waals surface area contributed by atoms with Crippen molar-refractivity contribution in [1.82, 2.24) is 9.97 Å². The molecule has 48 valence electrons. The SMILES string of the molecule is Clc1ncc(I)nc1Cl. The highest BCUT2D eigenvalue weighted by Crippen LogP contribution is 2.15. The Morgan fingerprint density at radius 2 is 2.00 bits per heavy atom. The van der Waals surface area contributed by atoms with Crippen LogP contribution in [0.2, 0.25) is 10.3 Å². The fourth-order valence-electron chi connectivity index (χ4n) is 0.332. The molecule has 0 amide bonds. The number of halogens is 3. The van der Waals surface area contributed by atoms with Crippen LogP contribution in [0, 0.1) is 3.70 Å². The Bertz CT molecular complexity index is 228. The highest BCUT2D eigenvalue weighted by Gasteiger charge is 1.98. The lowest BCUT2D eigenvalue weighted by molar-refractivity contribution is 1.16. The molecule has 1 aromatic heterocycles. The Hall–Kier alpha value is 0.390. The van der Waals surface area contributed by atoms with Gasteiger partial charge in [0.25, 0.3) is 0 Å². The van der Waals surface area contributed by atoms with Crippen LogP contribution in [0.15, 0.2) is 6.20 Å². The summed E-state index contributed by atoms with van der Waals surface area (Å²) in [6, 6.07) is 0. The smallest absolute Gasteiger partial charge is 0.167 e. The van der Waals surface area contributed by atoms with Crippen molar-refractivity contribution < 1.29 is 0 Å².